The smallest absolute Gasteiger partial charge is 0.137 e. The molecule has 1 saturated carbocycles. The molecule has 1 aliphatic heterocycles. The van der Waals surface area contributed by atoms with Crippen molar-refractivity contribution >= 4 is 38.9 Å². The molecule has 2 fully saturated rings. The molecule has 0 bridgehead atoms. The number of aromatic nitrogens is 1. The van der Waals surface area contributed by atoms with Crippen molar-refractivity contribution in [3.63, 3.8) is 0 Å². The zero-order chi connectivity index (χ0) is 28.5. The van der Waals surface area contributed by atoms with Crippen LogP contribution in [0.25, 0.3) is 10.2 Å². The highest BCUT2D eigenvalue weighted by Gasteiger charge is 2.34. The van der Waals surface area contributed by atoms with Crippen molar-refractivity contribution in [2.24, 2.45) is 17.8 Å². The number of benzene rings is 1. The SMILES string of the molecule is CCC(=O)C[C@@H](Cc1nc2ccc(C(C)C)cc2s1)C(=O)C[C@H](C(=O)CCCN1CCOCC1)C1CCCCC1. The van der Waals surface area contributed by atoms with Crippen molar-refractivity contribution in [2.75, 3.05) is 32.8 Å². The number of Topliss-reactive ketones (excluding diaryl/α,β-unsaturated/α-hetero) is 3. The number of carbonyl (C=O) groups excluding carboxylic acids is 3. The summed E-state index contributed by atoms with van der Waals surface area (Å²) in [7, 11) is 0. The Bertz CT molecular complexity index is 1130. The largest absolute Gasteiger partial charge is 0.379 e. The van der Waals surface area contributed by atoms with Crippen LogP contribution in [0.2, 0.25) is 0 Å². The van der Waals surface area contributed by atoms with Gasteiger partial charge in [0.25, 0.3) is 0 Å². The third-order valence-electron chi connectivity index (χ3n) is 8.92. The Balaban J connectivity index is 1.46. The maximum absolute atomic E-state index is 13.9. The Labute approximate surface area is 244 Å². The Morgan fingerprint density at radius 2 is 1.80 bits per heavy atom. The summed E-state index contributed by atoms with van der Waals surface area (Å²) in [6.07, 6.45) is 8.32. The third kappa shape index (κ3) is 8.77. The standard InChI is InChI=1S/C33H48N2O4S/c1-4-27(36)19-26(21-33-34-29-13-12-25(23(2)3)20-32(29)40-33)31(38)22-28(24-9-6-5-7-10-24)30(37)11-8-14-35-15-17-39-18-16-35/h12-13,20,23-24,26,28H,4-11,14-19,21-22H2,1-3H3/t26-,28-/m0/s1. The Hall–Kier alpha value is -1.96. The van der Waals surface area contributed by atoms with E-state index in [1.807, 2.05) is 6.92 Å². The van der Waals surface area contributed by atoms with Gasteiger partial charge in [0.2, 0.25) is 0 Å². The number of hydrogen-bond acceptors (Lipinski definition) is 7. The van der Waals surface area contributed by atoms with Crippen LogP contribution in [0.3, 0.4) is 0 Å². The predicted octanol–water partition coefficient (Wildman–Crippen LogP) is 6.78. The van der Waals surface area contributed by atoms with E-state index in [1.165, 1.54) is 12.0 Å². The van der Waals surface area contributed by atoms with E-state index < -0.39 is 5.92 Å². The number of ketones is 3. The molecule has 0 N–H and O–H groups in total. The zero-order valence-electron chi connectivity index (χ0n) is 24.8. The predicted molar refractivity (Wildman–Crippen MR) is 162 cm³/mol. The number of ether oxygens (including phenoxy) is 1. The van der Waals surface area contributed by atoms with Gasteiger partial charge >= 0.3 is 0 Å². The lowest BCUT2D eigenvalue weighted by atomic mass is 9.73. The van der Waals surface area contributed by atoms with Crippen LogP contribution < -0.4 is 0 Å². The van der Waals surface area contributed by atoms with Gasteiger partial charge in [-0.25, -0.2) is 4.98 Å². The molecule has 2 heterocycles. The van der Waals surface area contributed by atoms with E-state index in [0.29, 0.717) is 25.2 Å². The fraction of sp³-hybridized carbons (Fsp3) is 0.697. The molecule has 2 atom stereocenters. The number of thiazole rings is 1. The molecule has 7 heteroatoms. The second-order valence-corrected chi connectivity index (χ2v) is 13.3. The zero-order valence-corrected chi connectivity index (χ0v) is 25.6. The molecule has 2 aromatic rings. The summed E-state index contributed by atoms with van der Waals surface area (Å²) in [5.41, 5.74) is 2.23. The van der Waals surface area contributed by atoms with Gasteiger partial charge in [0.05, 0.1) is 28.4 Å². The van der Waals surface area contributed by atoms with E-state index in [2.05, 4.69) is 36.9 Å². The summed E-state index contributed by atoms with van der Waals surface area (Å²) in [5, 5.41) is 0.907. The van der Waals surface area contributed by atoms with Crippen molar-refractivity contribution in [2.45, 2.75) is 97.3 Å². The lowest BCUT2D eigenvalue weighted by Crippen LogP contribution is -2.37. The first kappa shape index (κ1) is 31.0. The monoisotopic (exact) mass is 568 g/mol. The first-order valence-corrected chi connectivity index (χ1v) is 16.4. The van der Waals surface area contributed by atoms with E-state index in [-0.39, 0.29) is 42.0 Å². The van der Waals surface area contributed by atoms with Gasteiger partial charge in [-0.05, 0) is 55.3 Å². The van der Waals surface area contributed by atoms with E-state index in [0.717, 1.165) is 80.2 Å². The fourth-order valence-electron chi connectivity index (χ4n) is 6.32. The Kier molecular flexibility index (Phi) is 11.9. The number of fused-ring (bicyclic) bond motifs is 1. The number of rotatable bonds is 15. The summed E-state index contributed by atoms with van der Waals surface area (Å²) in [6, 6.07) is 6.39. The normalized spacial score (nSPS) is 18.7. The molecule has 6 nitrogen and oxygen atoms in total. The number of hydrogen-bond donors (Lipinski definition) is 0. The Morgan fingerprint density at radius 3 is 2.50 bits per heavy atom. The van der Waals surface area contributed by atoms with Crippen molar-refractivity contribution in [1.29, 1.82) is 0 Å². The summed E-state index contributed by atoms with van der Waals surface area (Å²) in [6.45, 7) is 10.5. The van der Waals surface area contributed by atoms with Crippen LogP contribution in [0.4, 0.5) is 0 Å². The molecule has 0 unspecified atom stereocenters. The van der Waals surface area contributed by atoms with Crippen LogP contribution in [0.15, 0.2) is 18.2 Å². The molecule has 4 rings (SSSR count). The van der Waals surface area contributed by atoms with Crippen molar-refractivity contribution in [1.82, 2.24) is 9.88 Å². The molecule has 2 aliphatic rings. The average molecular weight is 569 g/mol. The molecule has 1 saturated heterocycles. The van der Waals surface area contributed by atoms with Crippen molar-refractivity contribution < 1.29 is 19.1 Å². The molecule has 0 radical (unpaired) electrons. The van der Waals surface area contributed by atoms with Crippen LogP contribution >= 0.6 is 11.3 Å². The minimum atomic E-state index is -0.412. The Morgan fingerprint density at radius 1 is 1.05 bits per heavy atom. The van der Waals surface area contributed by atoms with Crippen molar-refractivity contribution in [3.05, 3.63) is 28.8 Å². The summed E-state index contributed by atoms with van der Waals surface area (Å²) in [4.78, 5) is 47.3. The fourth-order valence-corrected chi connectivity index (χ4v) is 7.41. The van der Waals surface area contributed by atoms with Gasteiger partial charge in [-0.1, -0.05) is 46.1 Å². The van der Waals surface area contributed by atoms with Gasteiger partial charge in [-0.3, -0.25) is 19.3 Å². The van der Waals surface area contributed by atoms with Crippen LogP contribution in [0.5, 0.6) is 0 Å². The molecule has 1 aromatic heterocycles. The minimum Gasteiger partial charge on any atom is -0.379 e. The molecule has 1 aliphatic carbocycles. The molecule has 0 spiro atoms. The maximum Gasteiger partial charge on any atom is 0.137 e. The van der Waals surface area contributed by atoms with E-state index in [4.69, 9.17) is 9.72 Å². The topological polar surface area (TPSA) is 76.6 Å². The molecule has 0 amide bonds. The van der Waals surface area contributed by atoms with Crippen LogP contribution in [-0.4, -0.2) is 60.1 Å². The van der Waals surface area contributed by atoms with Gasteiger partial charge in [-0.2, -0.15) is 0 Å². The summed E-state index contributed by atoms with van der Waals surface area (Å²) >= 11 is 1.63. The van der Waals surface area contributed by atoms with Gasteiger partial charge in [0, 0.05) is 57.0 Å². The van der Waals surface area contributed by atoms with Crippen LogP contribution in [0.1, 0.15) is 101 Å². The maximum atomic E-state index is 13.9. The number of carbonyl (C=O) groups is 3. The quantitative estimate of drug-likeness (QED) is 0.236. The van der Waals surface area contributed by atoms with E-state index >= 15 is 0 Å². The van der Waals surface area contributed by atoms with Gasteiger partial charge < -0.3 is 4.74 Å². The molecular weight excluding hydrogens is 520 g/mol. The molecule has 220 valence electrons. The van der Waals surface area contributed by atoms with E-state index in [1.54, 1.807) is 11.3 Å². The highest BCUT2D eigenvalue weighted by molar-refractivity contribution is 7.18. The van der Waals surface area contributed by atoms with Crippen molar-refractivity contribution in [3.8, 4) is 0 Å². The second kappa shape index (κ2) is 15.3. The molecular formula is C33H48N2O4S. The van der Waals surface area contributed by atoms with Gasteiger partial charge in [0.1, 0.15) is 17.3 Å². The number of morpholine rings is 1. The lowest BCUT2D eigenvalue weighted by Gasteiger charge is -2.30. The van der Waals surface area contributed by atoms with Gasteiger partial charge in [-0.15, -0.1) is 11.3 Å². The highest BCUT2D eigenvalue weighted by Crippen LogP contribution is 2.35. The first-order chi connectivity index (χ1) is 19.3. The third-order valence-corrected chi connectivity index (χ3v) is 9.96. The van der Waals surface area contributed by atoms with E-state index in [9.17, 15) is 14.4 Å². The summed E-state index contributed by atoms with van der Waals surface area (Å²) in [5.74, 6) is 0.511. The average Bonchev–Trinajstić information content (AvgIpc) is 3.38. The second-order valence-electron chi connectivity index (χ2n) is 12.2. The first-order valence-electron chi connectivity index (χ1n) is 15.6. The van der Waals surface area contributed by atoms with Gasteiger partial charge in [0.15, 0.2) is 0 Å². The van der Waals surface area contributed by atoms with Crippen LogP contribution in [0, 0.1) is 17.8 Å². The molecule has 1 aromatic carbocycles. The van der Waals surface area contributed by atoms with Crippen LogP contribution in [-0.2, 0) is 25.5 Å². The summed E-state index contributed by atoms with van der Waals surface area (Å²) < 4.78 is 6.58. The number of nitrogens with zero attached hydrogens (tertiary/aromatic N) is 2. The molecule has 40 heavy (non-hydrogen) atoms. The lowest BCUT2D eigenvalue weighted by molar-refractivity contribution is -0.133. The highest BCUT2D eigenvalue weighted by atomic mass is 32.1. The minimum absolute atomic E-state index is 0.0704.